The first-order valence-corrected chi connectivity index (χ1v) is 13.1. The Labute approximate surface area is 226 Å². The summed E-state index contributed by atoms with van der Waals surface area (Å²) in [7, 11) is 1.31. The zero-order valence-electron chi connectivity index (χ0n) is 23.2. The Kier molecular flexibility index (Phi) is 30.6. The molecule has 0 heterocycles. The number of methoxy groups -OCH3 is 1. The highest BCUT2D eigenvalue weighted by molar-refractivity contribution is 5.70. The van der Waals surface area contributed by atoms with Crippen LogP contribution in [0.25, 0.3) is 0 Å². The molecule has 226 valence electrons. The molecule has 0 N–H and O–H groups in total. The molecule has 0 fully saturated rings. The number of hydrogen-bond donors (Lipinski definition) is 0. The summed E-state index contributed by atoms with van der Waals surface area (Å²) in [6.07, 6.45) is 1.22. The van der Waals surface area contributed by atoms with Crippen LogP contribution >= 0.6 is 0 Å². The lowest BCUT2D eigenvalue weighted by molar-refractivity contribution is -0.146. The van der Waals surface area contributed by atoms with Gasteiger partial charge >= 0.3 is 11.9 Å². The van der Waals surface area contributed by atoms with Crippen molar-refractivity contribution in [1.29, 1.82) is 0 Å². The quantitative estimate of drug-likeness (QED) is 0.0874. The highest BCUT2D eigenvalue weighted by Crippen LogP contribution is 1.91. The van der Waals surface area contributed by atoms with Crippen molar-refractivity contribution in [1.82, 2.24) is 0 Å². The number of carbonyl (C=O) groups is 2. The number of carbonyl (C=O) groups excluding carboxylic acids is 2. The van der Waals surface area contributed by atoms with E-state index in [1.807, 2.05) is 6.92 Å². The SMILES string of the molecule is CCCC(=O)OCCOCCOCCOCCOCCOCCOCCOCCOCCOCC(=O)OC. The van der Waals surface area contributed by atoms with E-state index in [9.17, 15) is 9.59 Å². The van der Waals surface area contributed by atoms with Crippen LogP contribution in [0.4, 0.5) is 0 Å². The maximum Gasteiger partial charge on any atom is 0.331 e. The van der Waals surface area contributed by atoms with Crippen LogP contribution in [0, 0.1) is 0 Å². The van der Waals surface area contributed by atoms with Gasteiger partial charge in [-0.1, -0.05) is 6.92 Å². The highest BCUT2D eigenvalue weighted by atomic mass is 16.6. The van der Waals surface area contributed by atoms with E-state index >= 15 is 0 Å². The third kappa shape index (κ3) is 30.8. The summed E-state index contributed by atoms with van der Waals surface area (Å²) in [4.78, 5) is 22.0. The molecular weight excluding hydrogens is 508 g/mol. The molecule has 0 aromatic rings. The first-order valence-electron chi connectivity index (χ1n) is 13.1. The van der Waals surface area contributed by atoms with E-state index in [2.05, 4.69) is 4.74 Å². The first-order chi connectivity index (χ1) is 18.7. The van der Waals surface area contributed by atoms with E-state index in [0.29, 0.717) is 119 Å². The van der Waals surface area contributed by atoms with Gasteiger partial charge in [-0.2, -0.15) is 0 Å². The molecule has 13 nitrogen and oxygen atoms in total. The Morgan fingerprint density at radius 2 is 0.711 bits per heavy atom. The van der Waals surface area contributed by atoms with Crippen LogP contribution < -0.4 is 0 Å². The minimum Gasteiger partial charge on any atom is -0.467 e. The van der Waals surface area contributed by atoms with Gasteiger partial charge in [-0.3, -0.25) is 4.79 Å². The van der Waals surface area contributed by atoms with Crippen molar-refractivity contribution < 1.29 is 61.7 Å². The standard InChI is InChI=1S/C25H48O13/c1-3-4-24(26)38-22-21-36-18-17-34-14-13-32-10-9-30-6-5-29-7-8-31-11-12-33-15-16-35-19-20-37-23-25(27)28-2/h3-23H2,1-2H3. The monoisotopic (exact) mass is 556 g/mol. The van der Waals surface area contributed by atoms with Crippen LogP contribution in [0.15, 0.2) is 0 Å². The zero-order chi connectivity index (χ0) is 27.8. The summed E-state index contributed by atoms with van der Waals surface area (Å²) < 4.78 is 57.6. The van der Waals surface area contributed by atoms with Crippen LogP contribution in [0.2, 0.25) is 0 Å². The fourth-order valence-electron chi connectivity index (χ4n) is 2.46. The first kappa shape index (κ1) is 36.6. The molecule has 0 rings (SSSR count). The van der Waals surface area contributed by atoms with Gasteiger partial charge in [0.15, 0.2) is 0 Å². The van der Waals surface area contributed by atoms with E-state index in [1.165, 1.54) is 7.11 Å². The molecule has 0 aromatic carbocycles. The summed E-state index contributed by atoms with van der Waals surface area (Å²) in [5, 5.41) is 0. The van der Waals surface area contributed by atoms with E-state index in [0.717, 1.165) is 6.42 Å². The lowest BCUT2D eigenvalue weighted by Crippen LogP contribution is -2.16. The average molecular weight is 557 g/mol. The summed E-state index contributed by atoms with van der Waals surface area (Å²) in [5.41, 5.74) is 0. The molecule has 0 bridgehead atoms. The lowest BCUT2D eigenvalue weighted by atomic mass is 10.3. The summed E-state index contributed by atoms with van der Waals surface area (Å²) >= 11 is 0. The molecular formula is C25H48O13. The van der Waals surface area contributed by atoms with Crippen molar-refractivity contribution in [3.8, 4) is 0 Å². The Balaban J connectivity index is 3.07. The highest BCUT2D eigenvalue weighted by Gasteiger charge is 2.00. The molecule has 0 amide bonds. The topological polar surface area (TPSA) is 136 Å². The van der Waals surface area contributed by atoms with Gasteiger partial charge in [0.2, 0.25) is 0 Å². The van der Waals surface area contributed by atoms with Gasteiger partial charge < -0.3 is 52.1 Å². The largest absolute Gasteiger partial charge is 0.467 e. The Morgan fingerprint density at radius 3 is 1.00 bits per heavy atom. The number of ether oxygens (including phenoxy) is 11. The Hall–Kier alpha value is -1.42. The van der Waals surface area contributed by atoms with E-state index in [-0.39, 0.29) is 19.2 Å². The maximum absolute atomic E-state index is 11.2. The summed E-state index contributed by atoms with van der Waals surface area (Å²) in [6.45, 7) is 9.86. The van der Waals surface area contributed by atoms with Crippen molar-refractivity contribution in [2.75, 3.05) is 133 Å². The van der Waals surface area contributed by atoms with Gasteiger partial charge in [-0.15, -0.1) is 0 Å². The van der Waals surface area contributed by atoms with Crippen LogP contribution in [0.3, 0.4) is 0 Å². The van der Waals surface area contributed by atoms with Gasteiger partial charge in [-0.25, -0.2) is 4.79 Å². The Morgan fingerprint density at radius 1 is 0.421 bits per heavy atom. The minimum atomic E-state index is -0.410. The van der Waals surface area contributed by atoms with Crippen molar-refractivity contribution in [2.45, 2.75) is 19.8 Å². The van der Waals surface area contributed by atoms with Gasteiger partial charge in [0.1, 0.15) is 13.2 Å². The predicted molar refractivity (Wildman–Crippen MR) is 135 cm³/mol. The molecule has 38 heavy (non-hydrogen) atoms. The summed E-state index contributed by atoms with van der Waals surface area (Å²) in [5.74, 6) is -0.601. The van der Waals surface area contributed by atoms with E-state index in [4.69, 9.17) is 47.4 Å². The molecule has 0 saturated carbocycles. The van der Waals surface area contributed by atoms with Crippen LogP contribution in [-0.2, 0) is 61.7 Å². The van der Waals surface area contributed by atoms with E-state index < -0.39 is 5.97 Å². The van der Waals surface area contributed by atoms with Crippen LogP contribution in [-0.4, -0.2) is 145 Å². The molecule has 13 heteroatoms. The normalized spacial score (nSPS) is 11.1. The predicted octanol–water partition coefficient (Wildman–Crippen LogP) is 0.652. The summed E-state index contributed by atoms with van der Waals surface area (Å²) in [6, 6.07) is 0. The second kappa shape index (κ2) is 31.8. The maximum atomic E-state index is 11.2. The van der Waals surface area contributed by atoms with Gasteiger partial charge in [0.05, 0.1) is 119 Å². The molecule has 0 aliphatic rings. The molecule has 0 atom stereocenters. The van der Waals surface area contributed by atoms with Crippen molar-refractivity contribution >= 4 is 11.9 Å². The molecule has 0 aliphatic carbocycles. The van der Waals surface area contributed by atoms with Crippen molar-refractivity contribution in [3.63, 3.8) is 0 Å². The molecule has 0 saturated heterocycles. The van der Waals surface area contributed by atoms with Gasteiger partial charge in [-0.05, 0) is 6.42 Å². The smallest absolute Gasteiger partial charge is 0.331 e. The van der Waals surface area contributed by atoms with Gasteiger partial charge in [0, 0.05) is 6.42 Å². The third-order valence-corrected chi connectivity index (χ3v) is 4.37. The third-order valence-electron chi connectivity index (χ3n) is 4.37. The molecule has 0 spiro atoms. The fraction of sp³-hybridized carbons (Fsp3) is 0.920. The second-order valence-electron chi connectivity index (χ2n) is 7.50. The fourth-order valence-corrected chi connectivity index (χ4v) is 2.46. The number of rotatable bonds is 31. The minimum absolute atomic E-state index is 0.0716. The molecule has 0 aliphatic heterocycles. The molecule has 0 aromatic heterocycles. The van der Waals surface area contributed by atoms with Crippen molar-refractivity contribution in [2.24, 2.45) is 0 Å². The van der Waals surface area contributed by atoms with Gasteiger partial charge in [0.25, 0.3) is 0 Å². The average Bonchev–Trinajstić information content (AvgIpc) is 2.92. The molecule has 0 unspecified atom stereocenters. The lowest BCUT2D eigenvalue weighted by Gasteiger charge is -2.09. The second-order valence-corrected chi connectivity index (χ2v) is 7.50. The van der Waals surface area contributed by atoms with Crippen LogP contribution in [0.1, 0.15) is 19.8 Å². The number of hydrogen-bond acceptors (Lipinski definition) is 13. The Bertz CT molecular complexity index is 508. The van der Waals surface area contributed by atoms with Crippen molar-refractivity contribution in [3.05, 3.63) is 0 Å². The van der Waals surface area contributed by atoms with Crippen LogP contribution in [0.5, 0.6) is 0 Å². The number of esters is 2. The molecule has 0 radical (unpaired) electrons. The zero-order valence-corrected chi connectivity index (χ0v) is 23.2. The van der Waals surface area contributed by atoms with E-state index in [1.54, 1.807) is 0 Å².